The molecule has 57 heavy (non-hydrogen) atoms. The van der Waals surface area contributed by atoms with Gasteiger partial charge in [0.1, 0.15) is 16.8 Å². The van der Waals surface area contributed by atoms with Crippen LogP contribution in [-0.2, 0) is 0 Å². The molecule has 1 aliphatic rings. The van der Waals surface area contributed by atoms with Crippen LogP contribution in [0.5, 0.6) is 0 Å². The van der Waals surface area contributed by atoms with Crippen molar-refractivity contribution in [2.24, 2.45) is 0 Å². The van der Waals surface area contributed by atoms with Gasteiger partial charge < -0.3 is 8.98 Å². The molecule has 0 saturated heterocycles. The van der Waals surface area contributed by atoms with Crippen molar-refractivity contribution >= 4 is 65.8 Å². The monoisotopic (exact) mass is 726 g/mol. The van der Waals surface area contributed by atoms with E-state index in [0.29, 0.717) is 5.71 Å². The molecule has 0 N–H and O–H groups in total. The van der Waals surface area contributed by atoms with E-state index in [0.717, 1.165) is 61.1 Å². The third-order valence-corrected chi connectivity index (χ3v) is 11.9. The number of hydrogen-bond acceptors (Lipinski definition) is 3. The van der Waals surface area contributed by atoms with Crippen molar-refractivity contribution in [1.29, 1.82) is 0 Å². The molecule has 8 aromatic carbocycles. The molecule has 5 nitrogen and oxygen atoms in total. The van der Waals surface area contributed by atoms with Crippen molar-refractivity contribution < 1.29 is 4.42 Å². The topological polar surface area (TPSA) is 48.8 Å². The molecule has 0 saturated carbocycles. The number of hydrogen-bond donors (Lipinski definition) is 0. The van der Waals surface area contributed by atoms with Crippen LogP contribution in [-0.4, -0.2) is 19.1 Å². The van der Waals surface area contributed by atoms with Crippen molar-refractivity contribution in [2.75, 3.05) is 0 Å². The average Bonchev–Trinajstić information content (AvgIpc) is 3.90. The molecule has 0 unspecified atom stereocenters. The predicted molar refractivity (Wildman–Crippen MR) is 233 cm³/mol. The highest BCUT2D eigenvalue weighted by Crippen LogP contribution is 2.52. The van der Waals surface area contributed by atoms with E-state index in [9.17, 15) is 0 Å². The van der Waals surface area contributed by atoms with Crippen molar-refractivity contribution in [3.8, 4) is 56.1 Å². The molecule has 0 spiro atoms. The molecular weight excluding hydrogens is 697 g/mol. The average molecular weight is 727 g/mol. The third-order valence-electron chi connectivity index (χ3n) is 11.9. The molecule has 0 atom stereocenters. The van der Waals surface area contributed by atoms with Crippen LogP contribution >= 0.6 is 0 Å². The SMILES string of the molecule is c1ccc(-c2ccccc2-c2nc3oc4ccccc4c3nc2-n2c3ccccc3c3c4c5c(cc32)c2ccccc2n5-c2ccccc2-c2ccccc2-4)cc1. The van der Waals surface area contributed by atoms with E-state index < -0.39 is 0 Å². The smallest absolute Gasteiger partial charge is 0.247 e. The summed E-state index contributed by atoms with van der Waals surface area (Å²) in [5.74, 6) is 0.754. The molecule has 4 aromatic heterocycles. The van der Waals surface area contributed by atoms with Crippen molar-refractivity contribution in [2.45, 2.75) is 0 Å². The van der Waals surface area contributed by atoms with Crippen molar-refractivity contribution in [1.82, 2.24) is 19.1 Å². The molecular formula is C52H30N4O. The second-order valence-corrected chi connectivity index (χ2v) is 14.9. The number of furan rings is 1. The highest BCUT2D eigenvalue weighted by atomic mass is 16.3. The fourth-order valence-electron chi connectivity index (χ4n) is 9.55. The molecule has 12 aromatic rings. The standard InChI is InChI=1S/C52H30N4O/c1-2-16-31(17-3-1)32-18-4-7-23-37(32)48-51(53-49-39-25-11-15-29-45(39)57-52(49)54-48)56-43-28-14-10-24-38(43)46-44(56)30-40-35-21-9-13-27-42(35)55-41-26-12-8-20-34(41)33-19-5-6-22-36(33)47(46)50(40)55/h1-30H. The van der Waals surface area contributed by atoms with E-state index >= 15 is 0 Å². The van der Waals surface area contributed by atoms with Gasteiger partial charge in [0, 0.05) is 43.6 Å². The number of rotatable bonds is 3. The maximum absolute atomic E-state index is 6.46. The summed E-state index contributed by atoms with van der Waals surface area (Å²) >= 11 is 0. The van der Waals surface area contributed by atoms with E-state index in [4.69, 9.17) is 14.4 Å². The largest absolute Gasteiger partial charge is 0.436 e. The fraction of sp³-hybridized carbons (Fsp3) is 0. The van der Waals surface area contributed by atoms with Crippen LogP contribution in [0, 0.1) is 0 Å². The quantitative estimate of drug-likeness (QED) is 0.182. The van der Waals surface area contributed by atoms with Gasteiger partial charge in [0.05, 0.1) is 27.8 Å². The van der Waals surface area contributed by atoms with Crippen LogP contribution in [0.1, 0.15) is 0 Å². The lowest BCUT2D eigenvalue weighted by molar-refractivity contribution is 0.653. The minimum Gasteiger partial charge on any atom is -0.436 e. The molecule has 5 heterocycles. The first-order valence-corrected chi connectivity index (χ1v) is 19.3. The Balaban J connectivity index is 1.26. The van der Waals surface area contributed by atoms with Gasteiger partial charge in [-0.1, -0.05) is 146 Å². The normalized spacial score (nSPS) is 12.2. The van der Waals surface area contributed by atoms with Crippen molar-refractivity contribution in [3.63, 3.8) is 0 Å². The summed E-state index contributed by atoms with van der Waals surface area (Å²) in [6.07, 6.45) is 0. The van der Waals surface area contributed by atoms with Crippen LogP contribution < -0.4 is 0 Å². The number of para-hydroxylation sites is 4. The Hall–Kier alpha value is -7.76. The first-order chi connectivity index (χ1) is 28.3. The maximum atomic E-state index is 6.46. The Morgan fingerprint density at radius 2 is 1.04 bits per heavy atom. The van der Waals surface area contributed by atoms with Gasteiger partial charge in [0.15, 0.2) is 5.82 Å². The minimum absolute atomic E-state index is 0.516. The first kappa shape index (κ1) is 30.6. The van der Waals surface area contributed by atoms with Gasteiger partial charge in [-0.2, -0.15) is 0 Å². The van der Waals surface area contributed by atoms with Crippen LogP contribution in [0.2, 0.25) is 0 Å². The Morgan fingerprint density at radius 1 is 0.421 bits per heavy atom. The molecule has 264 valence electrons. The zero-order valence-electron chi connectivity index (χ0n) is 30.5. The summed E-state index contributed by atoms with van der Waals surface area (Å²) in [4.78, 5) is 11.1. The van der Waals surface area contributed by atoms with E-state index in [-0.39, 0.29) is 0 Å². The van der Waals surface area contributed by atoms with Crippen molar-refractivity contribution in [3.05, 3.63) is 182 Å². The number of benzene rings is 8. The molecule has 0 amide bonds. The van der Waals surface area contributed by atoms with Crippen LogP contribution in [0.25, 0.3) is 122 Å². The zero-order chi connectivity index (χ0) is 37.2. The van der Waals surface area contributed by atoms with Gasteiger partial charge in [0.2, 0.25) is 5.71 Å². The number of aromatic nitrogens is 4. The second-order valence-electron chi connectivity index (χ2n) is 14.9. The maximum Gasteiger partial charge on any atom is 0.247 e. The molecule has 0 aliphatic carbocycles. The van der Waals surface area contributed by atoms with Crippen LogP contribution in [0.15, 0.2) is 186 Å². The van der Waals surface area contributed by atoms with Gasteiger partial charge in [-0.15, -0.1) is 0 Å². The van der Waals surface area contributed by atoms with E-state index in [1.165, 1.54) is 55.1 Å². The molecule has 5 heteroatoms. The lowest BCUT2D eigenvalue weighted by Gasteiger charge is -2.16. The zero-order valence-corrected chi connectivity index (χ0v) is 30.5. The van der Waals surface area contributed by atoms with E-state index in [2.05, 4.69) is 173 Å². The van der Waals surface area contributed by atoms with Gasteiger partial charge in [-0.25, -0.2) is 9.97 Å². The third kappa shape index (κ3) is 4.12. The van der Waals surface area contributed by atoms with Gasteiger partial charge in [-0.05, 0) is 58.7 Å². The lowest BCUT2D eigenvalue weighted by atomic mass is 9.91. The number of nitrogens with zero attached hydrogens (tertiary/aromatic N) is 4. The minimum atomic E-state index is 0.516. The molecule has 0 radical (unpaired) electrons. The van der Waals surface area contributed by atoms with Gasteiger partial charge in [-0.3, -0.25) is 4.57 Å². The summed E-state index contributed by atoms with van der Waals surface area (Å²) in [6.45, 7) is 0. The van der Waals surface area contributed by atoms with E-state index in [1.54, 1.807) is 0 Å². The summed E-state index contributed by atoms with van der Waals surface area (Å²) < 4.78 is 11.3. The summed E-state index contributed by atoms with van der Waals surface area (Å²) in [7, 11) is 0. The summed E-state index contributed by atoms with van der Waals surface area (Å²) in [6, 6.07) is 64.9. The predicted octanol–water partition coefficient (Wildman–Crippen LogP) is 13.6. The lowest BCUT2D eigenvalue weighted by Crippen LogP contribution is -2.04. The Labute approximate surface area is 326 Å². The van der Waals surface area contributed by atoms with E-state index in [1.807, 2.05) is 18.2 Å². The Kier molecular flexibility index (Phi) is 6.10. The molecule has 0 bridgehead atoms. The molecule has 0 fully saturated rings. The molecule has 1 aliphatic heterocycles. The summed E-state index contributed by atoms with van der Waals surface area (Å²) in [5.41, 5.74) is 16.5. The highest BCUT2D eigenvalue weighted by Gasteiger charge is 2.30. The first-order valence-electron chi connectivity index (χ1n) is 19.3. The fourth-order valence-corrected chi connectivity index (χ4v) is 9.55. The van der Waals surface area contributed by atoms with Crippen LogP contribution in [0.3, 0.4) is 0 Å². The summed E-state index contributed by atoms with van der Waals surface area (Å²) in [5, 5.41) is 5.68. The second kappa shape index (κ2) is 11.4. The Bertz CT molecular complexity index is 3640. The van der Waals surface area contributed by atoms with Gasteiger partial charge in [0.25, 0.3) is 0 Å². The Morgan fingerprint density at radius 3 is 1.86 bits per heavy atom. The number of fused-ring (bicyclic) bond motifs is 15. The highest BCUT2D eigenvalue weighted by molar-refractivity contribution is 6.28. The van der Waals surface area contributed by atoms with Gasteiger partial charge >= 0.3 is 0 Å². The van der Waals surface area contributed by atoms with Crippen LogP contribution in [0.4, 0.5) is 0 Å². The molecule has 13 rings (SSSR count).